The predicted molar refractivity (Wildman–Crippen MR) is 82.0 cm³/mol. The van der Waals surface area contributed by atoms with Gasteiger partial charge in [-0.1, -0.05) is 0 Å². The molecule has 0 unspecified atom stereocenters. The van der Waals surface area contributed by atoms with Crippen LogP contribution >= 0.6 is 11.3 Å². The highest BCUT2D eigenvalue weighted by Crippen LogP contribution is 2.19. The van der Waals surface area contributed by atoms with E-state index in [2.05, 4.69) is 35.7 Å². The summed E-state index contributed by atoms with van der Waals surface area (Å²) in [5.74, 6) is 1.59. The van der Waals surface area contributed by atoms with Crippen molar-refractivity contribution < 1.29 is 0 Å². The van der Waals surface area contributed by atoms with E-state index in [0.29, 0.717) is 5.92 Å². The molecule has 0 aromatic carbocycles. The molecule has 114 valence electrons. The monoisotopic (exact) mass is 315 g/mol. The summed E-state index contributed by atoms with van der Waals surface area (Å²) in [6.07, 6.45) is 9.19. The summed E-state index contributed by atoms with van der Waals surface area (Å²) in [6.45, 7) is 4.57. The van der Waals surface area contributed by atoms with Crippen molar-refractivity contribution >= 4 is 11.3 Å². The quantitative estimate of drug-likeness (QED) is 0.725. The molecule has 0 bridgehead atoms. The van der Waals surface area contributed by atoms with Crippen LogP contribution in [0.25, 0.3) is 0 Å². The van der Waals surface area contributed by atoms with Gasteiger partial charge in [0.25, 0.3) is 0 Å². The van der Waals surface area contributed by atoms with Crippen molar-refractivity contribution in [1.82, 2.24) is 34.2 Å². The Morgan fingerprint density at radius 1 is 1.23 bits per heavy atom. The molecular weight excluding hydrogens is 298 g/mol. The van der Waals surface area contributed by atoms with Gasteiger partial charge in [-0.25, -0.2) is 15.0 Å². The second-order valence-corrected chi connectivity index (χ2v) is 6.55. The second kappa shape index (κ2) is 5.98. The summed E-state index contributed by atoms with van der Waals surface area (Å²) in [4.78, 5) is 15.4. The number of rotatable bonds is 4. The minimum atomic E-state index is 0.470. The number of fused-ring (bicyclic) bond motifs is 1. The van der Waals surface area contributed by atoms with Crippen LogP contribution in [0.2, 0.25) is 0 Å². The maximum Gasteiger partial charge on any atom is 0.137 e. The molecule has 3 aromatic rings. The molecule has 0 saturated heterocycles. The fraction of sp³-hybridized carbons (Fsp3) is 0.429. The first-order chi connectivity index (χ1) is 10.9. The van der Waals surface area contributed by atoms with Gasteiger partial charge in [0.05, 0.1) is 13.1 Å². The molecule has 4 rings (SSSR count). The largest absolute Gasteiger partial charge is 0.333 e. The van der Waals surface area contributed by atoms with Gasteiger partial charge < -0.3 is 4.57 Å². The van der Waals surface area contributed by atoms with Gasteiger partial charge in [0.15, 0.2) is 0 Å². The Bertz CT molecular complexity index is 645. The molecule has 0 fully saturated rings. The van der Waals surface area contributed by atoms with Crippen LogP contribution in [0.1, 0.15) is 10.8 Å². The summed E-state index contributed by atoms with van der Waals surface area (Å²) in [5.41, 5.74) is 0. The molecule has 22 heavy (non-hydrogen) atoms. The molecule has 0 radical (unpaired) electrons. The first-order valence-electron chi connectivity index (χ1n) is 7.30. The third-order valence-electron chi connectivity index (χ3n) is 3.89. The first kappa shape index (κ1) is 13.6. The lowest BCUT2D eigenvalue weighted by Gasteiger charge is -2.22. The lowest BCUT2D eigenvalue weighted by Crippen LogP contribution is -2.30. The van der Waals surface area contributed by atoms with Gasteiger partial charge in [-0.2, -0.15) is 5.10 Å². The number of nitrogens with zero attached hydrogens (tertiary/aromatic N) is 7. The summed E-state index contributed by atoms with van der Waals surface area (Å²) in [6, 6.07) is 0. The molecule has 1 aliphatic heterocycles. The lowest BCUT2D eigenvalue weighted by molar-refractivity contribution is 0.205. The zero-order valence-electron chi connectivity index (χ0n) is 12.1. The van der Waals surface area contributed by atoms with E-state index in [1.165, 1.54) is 0 Å². The van der Waals surface area contributed by atoms with E-state index < -0.39 is 0 Å². The van der Waals surface area contributed by atoms with Crippen LogP contribution in [0.5, 0.6) is 0 Å². The zero-order valence-corrected chi connectivity index (χ0v) is 12.9. The average molecular weight is 315 g/mol. The van der Waals surface area contributed by atoms with E-state index >= 15 is 0 Å². The highest BCUT2D eigenvalue weighted by molar-refractivity contribution is 7.09. The second-order valence-electron chi connectivity index (χ2n) is 5.57. The highest BCUT2D eigenvalue weighted by atomic mass is 32.1. The predicted octanol–water partition coefficient (Wildman–Crippen LogP) is 1.26. The van der Waals surface area contributed by atoms with E-state index in [9.17, 15) is 0 Å². The van der Waals surface area contributed by atoms with Crippen LogP contribution in [-0.4, -0.2) is 40.7 Å². The molecule has 8 heteroatoms. The van der Waals surface area contributed by atoms with Crippen molar-refractivity contribution in [3.8, 4) is 0 Å². The average Bonchev–Trinajstić information content (AvgIpc) is 3.22. The Morgan fingerprint density at radius 3 is 3.05 bits per heavy atom. The molecule has 0 aliphatic carbocycles. The van der Waals surface area contributed by atoms with E-state index in [4.69, 9.17) is 0 Å². The fourth-order valence-corrected chi connectivity index (χ4v) is 3.63. The number of hydrogen-bond donors (Lipinski definition) is 0. The third kappa shape index (κ3) is 2.93. The Balaban J connectivity index is 1.54. The molecule has 7 nitrogen and oxygen atoms in total. The van der Waals surface area contributed by atoms with Crippen LogP contribution in [0.15, 0.2) is 36.6 Å². The van der Waals surface area contributed by atoms with E-state index in [1.807, 2.05) is 22.5 Å². The minimum Gasteiger partial charge on any atom is -0.333 e. The molecule has 1 atom stereocenters. The summed E-state index contributed by atoms with van der Waals surface area (Å²) >= 11 is 1.71. The van der Waals surface area contributed by atoms with Crippen LogP contribution in [0.4, 0.5) is 0 Å². The van der Waals surface area contributed by atoms with Crippen molar-refractivity contribution in [2.75, 3.05) is 6.54 Å². The standard InChI is InChI=1S/C14H17N7S/c1-3-20-6-12(7-21-11-15-10-18-21)5-19(8-13(20)16-1)9-14-17-2-4-22-14/h1-4,10-12H,5-9H2/t12-/m0/s1. The van der Waals surface area contributed by atoms with Gasteiger partial charge >= 0.3 is 0 Å². The van der Waals surface area contributed by atoms with Gasteiger partial charge in [0, 0.05) is 49.5 Å². The third-order valence-corrected chi connectivity index (χ3v) is 4.66. The van der Waals surface area contributed by atoms with E-state index in [-0.39, 0.29) is 0 Å². The maximum atomic E-state index is 4.50. The minimum absolute atomic E-state index is 0.470. The van der Waals surface area contributed by atoms with Crippen molar-refractivity contribution in [3.63, 3.8) is 0 Å². The van der Waals surface area contributed by atoms with Gasteiger partial charge in [-0.05, 0) is 0 Å². The molecule has 4 heterocycles. The van der Waals surface area contributed by atoms with Gasteiger partial charge in [0.1, 0.15) is 23.5 Å². The zero-order chi connectivity index (χ0) is 14.8. The summed E-state index contributed by atoms with van der Waals surface area (Å²) < 4.78 is 4.16. The number of imidazole rings is 1. The van der Waals surface area contributed by atoms with Crippen LogP contribution in [0.3, 0.4) is 0 Å². The molecule has 0 N–H and O–H groups in total. The maximum absolute atomic E-state index is 4.50. The molecular formula is C14H17N7S. The van der Waals surface area contributed by atoms with Gasteiger partial charge in [-0.15, -0.1) is 11.3 Å². The number of thiazole rings is 1. The van der Waals surface area contributed by atoms with E-state index in [0.717, 1.165) is 43.6 Å². The summed E-state index contributed by atoms with van der Waals surface area (Å²) in [7, 11) is 0. The lowest BCUT2D eigenvalue weighted by atomic mass is 10.1. The normalized spacial score (nSPS) is 19.0. The van der Waals surface area contributed by atoms with Crippen molar-refractivity contribution in [2.45, 2.75) is 26.2 Å². The number of aromatic nitrogens is 6. The smallest absolute Gasteiger partial charge is 0.137 e. The Hall–Kier alpha value is -2.06. The van der Waals surface area contributed by atoms with Crippen molar-refractivity contribution in [1.29, 1.82) is 0 Å². The van der Waals surface area contributed by atoms with Gasteiger partial charge in [-0.3, -0.25) is 9.58 Å². The Kier molecular flexibility index (Phi) is 3.69. The van der Waals surface area contributed by atoms with Crippen LogP contribution in [-0.2, 0) is 26.2 Å². The van der Waals surface area contributed by atoms with Crippen molar-refractivity contribution in [2.24, 2.45) is 5.92 Å². The molecule has 0 spiro atoms. The van der Waals surface area contributed by atoms with Gasteiger partial charge in [0.2, 0.25) is 0 Å². The molecule has 0 saturated carbocycles. The fourth-order valence-electron chi connectivity index (χ4n) is 2.97. The Morgan fingerprint density at radius 2 is 2.23 bits per heavy atom. The van der Waals surface area contributed by atoms with Crippen molar-refractivity contribution in [3.05, 3.63) is 47.5 Å². The van der Waals surface area contributed by atoms with Crippen LogP contribution < -0.4 is 0 Å². The Labute approximate surface area is 132 Å². The van der Waals surface area contributed by atoms with E-state index in [1.54, 1.807) is 24.0 Å². The SMILES string of the molecule is c1csc(CN2Cc3nccn3C[C@@H](Cn3cncn3)C2)n1. The summed E-state index contributed by atoms with van der Waals surface area (Å²) in [5, 5.41) is 7.42. The van der Waals surface area contributed by atoms with Crippen LogP contribution in [0, 0.1) is 5.92 Å². The number of hydrogen-bond acceptors (Lipinski definition) is 6. The topological polar surface area (TPSA) is 64.7 Å². The molecule has 0 amide bonds. The molecule has 3 aromatic heterocycles. The first-order valence-corrected chi connectivity index (χ1v) is 8.18. The molecule has 1 aliphatic rings. The highest BCUT2D eigenvalue weighted by Gasteiger charge is 2.23.